The SMILES string of the molecule is CCn1cc(NC(=O)CCn2cc([N+](=O)[O-])c(C)n2)c(C(N)=O)n1. The number of carbonyl (C=O) groups is 2. The summed E-state index contributed by atoms with van der Waals surface area (Å²) >= 11 is 0. The highest BCUT2D eigenvalue weighted by Gasteiger charge is 2.18. The molecule has 2 aromatic heterocycles. The van der Waals surface area contributed by atoms with Crippen LogP contribution >= 0.6 is 0 Å². The van der Waals surface area contributed by atoms with E-state index in [4.69, 9.17) is 5.73 Å². The zero-order valence-corrected chi connectivity index (χ0v) is 13.2. The van der Waals surface area contributed by atoms with Gasteiger partial charge in [0.05, 0.1) is 10.6 Å². The first kappa shape index (κ1) is 17.1. The van der Waals surface area contributed by atoms with Gasteiger partial charge in [0, 0.05) is 25.7 Å². The average molecular weight is 335 g/mol. The van der Waals surface area contributed by atoms with Gasteiger partial charge in [-0.25, -0.2) is 0 Å². The Bertz CT molecular complexity index is 792. The highest BCUT2D eigenvalue weighted by atomic mass is 16.6. The molecule has 0 spiro atoms. The lowest BCUT2D eigenvalue weighted by molar-refractivity contribution is -0.385. The summed E-state index contributed by atoms with van der Waals surface area (Å²) in [5.41, 5.74) is 5.62. The maximum Gasteiger partial charge on any atom is 0.309 e. The Morgan fingerprint density at radius 2 is 2.04 bits per heavy atom. The van der Waals surface area contributed by atoms with Gasteiger partial charge in [0.1, 0.15) is 11.9 Å². The van der Waals surface area contributed by atoms with E-state index in [-0.39, 0.29) is 41.6 Å². The Morgan fingerprint density at radius 1 is 1.33 bits per heavy atom. The standard InChI is InChI=1S/C13H17N7O4/c1-3-18-6-9(12(17-18)13(14)22)15-11(21)4-5-19-7-10(20(23)24)8(2)16-19/h6-7H,3-5H2,1-2H3,(H2,14,22)(H,15,21). The molecule has 2 aromatic rings. The van der Waals surface area contributed by atoms with Gasteiger partial charge in [-0.1, -0.05) is 0 Å². The first-order chi connectivity index (χ1) is 11.3. The molecular weight excluding hydrogens is 318 g/mol. The van der Waals surface area contributed by atoms with Gasteiger partial charge in [0.25, 0.3) is 5.91 Å². The van der Waals surface area contributed by atoms with Gasteiger partial charge in [0.15, 0.2) is 5.69 Å². The largest absolute Gasteiger partial charge is 0.364 e. The average Bonchev–Trinajstić information content (AvgIpc) is 3.08. The molecule has 24 heavy (non-hydrogen) atoms. The Kier molecular flexibility index (Phi) is 4.92. The molecule has 0 bridgehead atoms. The molecule has 2 rings (SSSR count). The number of nitro groups is 1. The molecule has 0 aliphatic carbocycles. The Hall–Kier alpha value is -3.24. The van der Waals surface area contributed by atoms with Crippen LogP contribution in [0.15, 0.2) is 12.4 Å². The molecule has 0 saturated carbocycles. The molecule has 11 heteroatoms. The predicted molar refractivity (Wildman–Crippen MR) is 83.3 cm³/mol. The number of nitrogens with zero attached hydrogens (tertiary/aromatic N) is 5. The number of carbonyl (C=O) groups excluding carboxylic acids is 2. The Balaban J connectivity index is 2.01. The lowest BCUT2D eigenvalue weighted by Gasteiger charge is -2.04. The van der Waals surface area contributed by atoms with Crippen molar-refractivity contribution in [1.29, 1.82) is 0 Å². The van der Waals surface area contributed by atoms with Crippen LogP contribution in [0.3, 0.4) is 0 Å². The highest BCUT2D eigenvalue weighted by molar-refractivity contribution is 6.01. The number of hydrogen-bond acceptors (Lipinski definition) is 6. The van der Waals surface area contributed by atoms with E-state index in [1.807, 2.05) is 6.92 Å². The summed E-state index contributed by atoms with van der Waals surface area (Å²) in [7, 11) is 0. The number of primary amides is 1. The molecule has 2 amide bonds. The summed E-state index contributed by atoms with van der Waals surface area (Å²) in [6.07, 6.45) is 2.81. The molecule has 11 nitrogen and oxygen atoms in total. The van der Waals surface area contributed by atoms with E-state index in [0.717, 1.165) is 0 Å². The topological polar surface area (TPSA) is 151 Å². The number of rotatable bonds is 7. The number of anilines is 1. The third-order valence-corrected chi connectivity index (χ3v) is 3.28. The predicted octanol–water partition coefficient (Wildman–Crippen LogP) is 0.444. The van der Waals surface area contributed by atoms with E-state index >= 15 is 0 Å². The van der Waals surface area contributed by atoms with Gasteiger partial charge in [-0.3, -0.25) is 29.1 Å². The molecular formula is C13H17N7O4. The molecule has 2 heterocycles. The van der Waals surface area contributed by atoms with Crippen molar-refractivity contribution in [2.75, 3.05) is 5.32 Å². The third-order valence-electron chi connectivity index (χ3n) is 3.28. The fourth-order valence-electron chi connectivity index (χ4n) is 2.09. The molecule has 0 fully saturated rings. The lowest BCUT2D eigenvalue weighted by Crippen LogP contribution is -2.19. The number of amides is 2. The summed E-state index contributed by atoms with van der Waals surface area (Å²) < 4.78 is 2.81. The van der Waals surface area contributed by atoms with Crippen LogP contribution in [0.25, 0.3) is 0 Å². The van der Waals surface area contributed by atoms with Gasteiger partial charge >= 0.3 is 5.69 Å². The molecule has 0 atom stereocenters. The minimum Gasteiger partial charge on any atom is -0.364 e. The molecule has 0 aromatic carbocycles. The van der Waals surface area contributed by atoms with Gasteiger partial charge in [0.2, 0.25) is 5.91 Å². The van der Waals surface area contributed by atoms with Crippen molar-refractivity contribution in [3.63, 3.8) is 0 Å². The molecule has 3 N–H and O–H groups in total. The molecule has 0 saturated heterocycles. The maximum absolute atomic E-state index is 12.0. The number of aryl methyl sites for hydroxylation is 3. The van der Waals surface area contributed by atoms with Crippen molar-refractivity contribution in [1.82, 2.24) is 19.6 Å². The quantitative estimate of drug-likeness (QED) is 0.553. The molecule has 0 unspecified atom stereocenters. The zero-order valence-electron chi connectivity index (χ0n) is 13.2. The summed E-state index contributed by atoms with van der Waals surface area (Å²) in [5.74, 6) is -1.13. The van der Waals surface area contributed by atoms with Crippen molar-refractivity contribution in [2.45, 2.75) is 33.4 Å². The molecule has 0 aliphatic heterocycles. The fourth-order valence-corrected chi connectivity index (χ4v) is 2.09. The van der Waals surface area contributed by atoms with E-state index in [0.29, 0.717) is 6.54 Å². The van der Waals surface area contributed by atoms with Crippen LogP contribution < -0.4 is 11.1 Å². The summed E-state index contributed by atoms with van der Waals surface area (Å²) in [4.78, 5) is 33.6. The second-order valence-corrected chi connectivity index (χ2v) is 5.03. The minimum absolute atomic E-state index is 0.0178. The maximum atomic E-state index is 12.0. The van der Waals surface area contributed by atoms with Crippen LogP contribution in [0.4, 0.5) is 11.4 Å². The van der Waals surface area contributed by atoms with Gasteiger partial charge in [-0.15, -0.1) is 0 Å². The Morgan fingerprint density at radius 3 is 2.58 bits per heavy atom. The monoisotopic (exact) mass is 335 g/mol. The zero-order chi connectivity index (χ0) is 17.9. The van der Waals surface area contributed by atoms with Crippen molar-refractivity contribution in [3.8, 4) is 0 Å². The van der Waals surface area contributed by atoms with Crippen LogP contribution in [0.1, 0.15) is 29.5 Å². The first-order valence-corrected chi connectivity index (χ1v) is 7.17. The second-order valence-electron chi connectivity index (χ2n) is 5.03. The lowest BCUT2D eigenvalue weighted by atomic mass is 10.3. The van der Waals surface area contributed by atoms with Crippen LogP contribution in [0.5, 0.6) is 0 Å². The summed E-state index contributed by atoms with van der Waals surface area (Å²) in [5, 5.41) is 21.3. The number of aromatic nitrogens is 4. The Labute approximate surface area is 136 Å². The molecule has 128 valence electrons. The van der Waals surface area contributed by atoms with E-state index in [9.17, 15) is 19.7 Å². The van der Waals surface area contributed by atoms with Crippen LogP contribution in [0, 0.1) is 17.0 Å². The minimum atomic E-state index is -0.740. The fraction of sp³-hybridized carbons (Fsp3) is 0.385. The third kappa shape index (κ3) is 3.74. The summed E-state index contributed by atoms with van der Waals surface area (Å²) in [6, 6.07) is 0. The first-order valence-electron chi connectivity index (χ1n) is 7.17. The van der Waals surface area contributed by atoms with Crippen LogP contribution in [0.2, 0.25) is 0 Å². The van der Waals surface area contributed by atoms with Crippen LogP contribution in [-0.4, -0.2) is 36.3 Å². The normalized spacial score (nSPS) is 10.6. The van der Waals surface area contributed by atoms with Crippen molar-refractivity contribution >= 4 is 23.2 Å². The molecule has 0 aliphatic rings. The van der Waals surface area contributed by atoms with E-state index in [2.05, 4.69) is 15.5 Å². The van der Waals surface area contributed by atoms with Crippen molar-refractivity contribution in [3.05, 3.63) is 33.9 Å². The van der Waals surface area contributed by atoms with E-state index in [1.165, 1.54) is 28.7 Å². The second kappa shape index (κ2) is 6.89. The van der Waals surface area contributed by atoms with Gasteiger partial charge in [-0.05, 0) is 13.8 Å². The van der Waals surface area contributed by atoms with Gasteiger partial charge < -0.3 is 11.1 Å². The van der Waals surface area contributed by atoms with Crippen LogP contribution in [-0.2, 0) is 17.9 Å². The van der Waals surface area contributed by atoms with Gasteiger partial charge in [-0.2, -0.15) is 10.2 Å². The smallest absolute Gasteiger partial charge is 0.309 e. The van der Waals surface area contributed by atoms with Crippen molar-refractivity contribution in [2.24, 2.45) is 5.73 Å². The number of nitrogens with one attached hydrogen (secondary N) is 1. The highest BCUT2D eigenvalue weighted by Crippen LogP contribution is 2.16. The summed E-state index contributed by atoms with van der Waals surface area (Å²) in [6.45, 7) is 4.03. The molecule has 0 radical (unpaired) electrons. The van der Waals surface area contributed by atoms with E-state index in [1.54, 1.807) is 0 Å². The number of hydrogen-bond donors (Lipinski definition) is 2. The van der Waals surface area contributed by atoms with Crippen molar-refractivity contribution < 1.29 is 14.5 Å². The van der Waals surface area contributed by atoms with E-state index < -0.39 is 10.8 Å². The number of nitrogens with two attached hydrogens (primary N) is 1.